The number of carbonyl (C=O) groups is 2. The van der Waals surface area contributed by atoms with E-state index in [-0.39, 0.29) is 12.0 Å². The summed E-state index contributed by atoms with van der Waals surface area (Å²) in [4.78, 5) is 27.4. The van der Waals surface area contributed by atoms with Gasteiger partial charge in [0.15, 0.2) is 0 Å². The van der Waals surface area contributed by atoms with Crippen LogP contribution < -0.4 is 0 Å². The normalized spacial score (nSPS) is 15.3. The highest BCUT2D eigenvalue weighted by atomic mass is 16.6. The van der Waals surface area contributed by atoms with Crippen LogP contribution in [0, 0.1) is 13.8 Å². The number of H-pyrrole nitrogens is 1. The molecule has 0 aliphatic carbocycles. The molecule has 1 N–H and O–H groups in total. The lowest BCUT2D eigenvalue weighted by atomic mass is 10.1. The van der Waals surface area contributed by atoms with Crippen molar-refractivity contribution in [1.29, 1.82) is 0 Å². The molecule has 1 aromatic heterocycles. The van der Waals surface area contributed by atoms with E-state index in [1.54, 1.807) is 16.7 Å². The highest BCUT2D eigenvalue weighted by Gasteiger charge is 2.27. The third-order valence-corrected chi connectivity index (χ3v) is 3.43. The van der Waals surface area contributed by atoms with Gasteiger partial charge < -0.3 is 14.5 Å². The molecule has 0 spiro atoms. The maximum Gasteiger partial charge on any atom is 0.409 e. The SMILES string of the molecule is CCOC(=O)N1CCN(C(=O)c2c(C)n[nH]c2C)CC1. The van der Waals surface area contributed by atoms with E-state index in [9.17, 15) is 9.59 Å². The number of ether oxygens (including phenoxy) is 1. The van der Waals surface area contributed by atoms with Gasteiger partial charge in [0.2, 0.25) is 0 Å². The molecule has 1 aliphatic heterocycles. The number of rotatable bonds is 2. The third kappa shape index (κ3) is 2.76. The molecule has 110 valence electrons. The van der Waals surface area contributed by atoms with Crippen LogP contribution in [-0.2, 0) is 4.74 Å². The highest BCUT2D eigenvalue weighted by molar-refractivity contribution is 5.96. The van der Waals surface area contributed by atoms with Crippen LogP contribution in [0.15, 0.2) is 0 Å². The van der Waals surface area contributed by atoms with Gasteiger partial charge in [-0.1, -0.05) is 0 Å². The minimum absolute atomic E-state index is 0.0303. The lowest BCUT2D eigenvalue weighted by Crippen LogP contribution is -2.50. The van der Waals surface area contributed by atoms with Crippen LogP contribution in [0.1, 0.15) is 28.7 Å². The van der Waals surface area contributed by atoms with Crippen molar-refractivity contribution >= 4 is 12.0 Å². The van der Waals surface area contributed by atoms with E-state index in [1.165, 1.54) is 0 Å². The second-order valence-corrected chi connectivity index (χ2v) is 4.79. The van der Waals surface area contributed by atoms with Crippen LogP contribution in [0.4, 0.5) is 4.79 Å². The summed E-state index contributed by atoms with van der Waals surface area (Å²) in [6.07, 6.45) is -0.310. The molecule has 0 bridgehead atoms. The van der Waals surface area contributed by atoms with E-state index < -0.39 is 0 Å². The van der Waals surface area contributed by atoms with Crippen LogP contribution in [0.25, 0.3) is 0 Å². The van der Waals surface area contributed by atoms with Crippen molar-refractivity contribution in [2.45, 2.75) is 20.8 Å². The van der Waals surface area contributed by atoms with E-state index >= 15 is 0 Å². The molecule has 2 rings (SSSR count). The van der Waals surface area contributed by atoms with Crippen molar-refractivity contribution < 1.29 is 14.3 Å². The second-order valence-electron chi connectivity index (χ2n) is 4.79. The molecule has 0 unspecified atom stereocenters. The number of aryl methyl sites for hydroxylation is 2. The molecule has 1 fully saturated rings. The number of nitrogens with one attached hydrogen (secondary N) is 1. The minimum atomic E-state index is -0.310. The molecule has 2 heterocycles. The van der Waals surface area contributed by atoms with Gasteiger partial charge in [-0.05, 0) is 20.8 Å². The van der Waals surface area contributed by atoms with E-state index in [4.69, 9.17) is 4.74 Å². The summed E-state index contributed by atoms with van der Waals surface area (Å²) in [5, 5.41) is 6.86. The fraction of sp³-hybridized carbons (Fsp3) is 0.615. The van der Waals surface area contributed by atoms with Gasteiger partial charge in [0, 0.05) is 31.9 Å². The van der Waals surface area contributed by atoms with Crippen molar-refractivity contribution in [1.82, 2.24) is 20.0 Å². The Morgan fingerprint density at radius 2 is 1.80 bits per heavy atom. The average molecular weight is 280 g/mol. The number of aromatic nitrogens is 2. The Balaban J connectivity index is 1.97. The zero-order chi connectivity index (χ0) is 14.7. The Hall–Kier alpha value is -2.05. The Bertz CT molecular complexity index is 484. The average Bonchev–Trinajstić information content (AvgIpc) is 2.78. The third-order valence-electron chi connectivity index (χ3n) is 3.43. The van der Waals surface area contributed by atoms with Crippen molar-refractivity contribution in [3.05, 3.63) is 17.0 Å². The van der Waals surface area contributed by atoms with Gasteiger partial charge in [-0.25, -0.2) is 4.79 Å². The van der Waals surface area contributed by atoms with Gasteiger partial charge in [0.05, 0.1) is 17.9 Å². The molecule has 0 atom stereocenters. The van der Waals surface area contributed by atoms with Crippen LogP contribution >= 0.6 is 0 Å². The maximum absolute atomic E-state index is 12.4. The highest BCUT2D eigenvalue weighted by Crippen LogP contribution is 2.14. The van der Waals surface area contributed by atoms with Crippen LogP contribution in [-0.4, -0.2) is 64.8 Å². The lowest BCUT2D eigenvalue weighted by molar-refractivity contribution is 0.0569. The Morgan fingerprint density at radius 3 is 2.30 bits per heavy atom. The zero-order valence-corrected chi connectivity index (χ0v) is 12.1. The van der Waals surface area contributed by atoms with E-state index in [0.717, 1.165) is 5.69 Å². The number of nitrogens with zero attached hydrogens (tertiary/aromatic N) is 3. The van der Waals surface area contributed by atoms with Gasteiger partial charge >= 0.3 is 6.09 Å². The predicted molar refractivity (Wildman–Crippen MR) is 72.6 cm³/mol. The molecule has 7 nitrogen and oxygen atoms in total. The van der Waals surface area contributed by atoms with Gasteiger partial charge in [0.1, 0.15) is 0 Å². The molecule has 0 aromatic carbocycles. The predicted octanol–water partition coefficient (Wildman–Crippen LogP) is 0.941. The number of aromatic amines is 1. The summed E-state index contributed by atoms with van der Waals surface area (Å²) in [7, 11) is 0. The number of piperazine rings is 1. The summed E-state index contributed by atoms with van der Waals surface area (Å²) >= 11 is 0. The van der Waals surface area contributed by atoms with Crippen molar-refractivity contribution in [2.75, 3.05) is 32.8 Å². The standard InChI is InChI=1S/C13H20N4O3/c1-4-20-13(19)17-7-5-16(6-8-17)12(18)11-9(2)14-15-10(11)3/h4-8H2,1-3H3,(H,14,15). The summed E-state index contributed by atoms with van der Waals surface area (Å²) in [5.41, 5.74) is 2.12. The summed E-state index contributed by atoms with van der Waals surface area (Å²) in [6, 6.07) is 0. The van der Waals surface area contributed by atoms with Crippen LogP contribution in [0.2, 0.25) is 0 Å². The largest absolute Gasteiger partial charge is 0.450 e. The van der Waals surface area contributed by atoms with E-state index in [0.29, 0.717) is 44.0 Å². The van der Waals surface area contributed by atoms with Gasteiger partial charge in [-0.2, -0.15) is 5.10 Å². The van der Waals surface area contributed by atoms with Gasteiger partial charge in [0.25, 0.3) is 5.91 Å². The number of hydrogen-bond donors (Lipinski definition) is 1. The first kappa shape index (κ1) is 14.4. The Labute approximate surface area is 117 Å². The fourth-order valence-corrected chi connectivity index (χ4v) is 2.33. The molecule has 20 heavy (non-hydrogen) atoms. The van der Waals surface area contributed by atoms with Crippen molar-refractivity contribution in [3.8, 4) is 0 Å². The lowest BCUT2D eigenvalue weighted by Gasteiger charge is -2.34. The quantitative estimate of drug-likeness (QED) is 0.874. The molecule has 1 aromatic rings. The first-order valence-corrected chi connectivity index (χ1v) is 6.77. The number of carbonyl (C=O) groups excluding carboxylic acids is 2. The smallest absolute Gasteiger partial charge is 0.409 e. The molecule has 1 saturated heterocycles. The molecule has 0 saturated carbocycles. The number of amides is 2. The van der Waals surface area contributed by atoms with Crippen molar-refractivity contribution in [3.63, 3.8) is 0 Å². The minimum Gasteiger partial charge on any atom is -0.450 e. The molecule has 1 aliphatic rings. The summed E-state index contributed by atoms with van der Waals surface area (Å²) in [6.45, 7) is 7.83. The second kappa shape index (κ2) is 5.94. The monoisotopic (exact) mass is 280 g/mol. The topological polar surface area (TPSA) is 78.5 Å². The number of hydrogen-bond acceptors (Lipinski definition) is 4. The molecular weight excluding hydrogens is 260 g/mol. The Kier molecular flexibility index (Phi) is 4.26. The maximum atomic E-state index is 12.4. The molecule has 0 radical (unpaired) electrons. The zero-order valence-electron chi connectivity index (χ0n) is 12.1. The molecular formula is C13H20N4O3. The Morgan fingerprint density at radius 1 is 1.20 bits per heavy atom. The first-order valence-electron chi connectivity index (χ1n) is 6.77. The van der Waals surface area contributed by atoms with Crippen LogP contribution in [0.5, 0.6) is 0 Å². The summed E-state index contributed by atoms with van der Waals surface area (Å²) in [5.74, 6) is -0.0303. The van der Waals surface area contributed by atoms with Gasteiger partial charge in [-0.15, -0.1) is 0 Å². The van der Waals surface area contributed by atoms with E-state index in [2.05, 4.69) is 10.2 Å². The molecule has 7 heteroatoms. The van der Waals surface area contributed by atoms with E-state index in [1.807, 2.05) is 13.8 Å². The van der Waals surface area contributed by atoms with Crippen LogP contribution in [0.3, 0.4) is 0 Å². The van der Waals surface area contributed by atoms with Gasteiger partial charge in [-0.3, -0.25) is 9.89 Å². The first-order chi connectivity index (χ1) is 9.54. The fourth-order valence-electron chi connectivity index (χ4n) is 2.33. The molecule has 2 amide bonds. The summed E-state index contributed by atoms with van der Waals surface area (Å²) < 4.78 is 4.96. The van der Waals surface area contributed by atoms with Crippen molar-refractivity contribution in [2.24, 2.45) is 0 Å².